The van der Waals surface area contributed by atoms with Crippen LogP contribution in [0.4, 0.5) is 0 Å². The Morgan fingerprint density at radius 2 is 1.67 bits per heavy atom. The maximum Gasteiger partial charge on any atom is 0.261 e. The molecule has 1 fully saturated rings. The fourth-order valence-electron chi connectivity index (χ4n) is 3.47. The van der Waals surface area contributed by atoms with Crippen molar-refractivity contribution in [1.29, 1.82) is 0 Å². The van der Waals surface area contributed by atoms with E-state index >= 15 is 0 Å². The van der Waals surface area contributed by atoms with Crippen LogP contribution < -0.4 is 0 Å². The van der Waals surface area contributed by atoms with Gasteiger partial charge in [0.05, 0.1) is 11.1 Å². The van der Waals surface area contributed by atoms with E-state index in [2.05, 4.69) is 0 Å². The Labute approximate surface area is 142 Å². The van der Waals surface area contributed by atoms with Gasteiger partial charge in [-0.05, 0) is 38.3 Å². The second kappa shape index (κ2) is 7.16. The highest BCUT2D eigenvalue weighted by Gasteiger charge is 2.35. The fourth-order valence-corrected chi connectivity index (χ4v) is 3.47. The molecule has 24 heavy (non-hydrogen) atoms. The van der Waals surface area contributed by atoms with E-state index in [1.807, 2.05) is 17.9 Å². The zero-order valence-electron chi connectivity index (χ0n) is 14.2. The minimum Gasteiger partial charge on any atom is -0.343 e. The van der Waals surface area contributed by atoms with Crippen LogP contribution >= 0.6 is 0 Å². The molecule has 0 radical (unpaired) electrons. The van der Waals surface area contributed by atoms with Crippen LogP contribution in [-0.2, 0) is 4.79 Å². The first-order valence-corrected chi connectivity index (χ1v) is 8.82. The number of fused-ring (bicyclic) bond motifs is 1. The van der Waals surface area contributed by atoms with Crippen molar-refractivity contribution in [3.8, 4) is 0 Å². The molecule has 1 aromatic rings. The number of hydrogen-bond acceptors (Lipinski definition) is 3. The molecule has 0 N–H and O–H groups in total. The van der Waals surface area contributed by atoms with Gasteiger partial charge in [0.2, 0.25) is 5.91 Å². The van der Waals surface area contributed by atoms with Crippen LogP contribution in [0.1, 0.15) is 64.8 Å². The minimum atomic E-state index is -0.239. The van der Waals surface area contributed by atoms with Crippen LogP contribution in [0.15, 0.2) is 18.2 Å². The van der Waals surface area contributed by atoms with Crippen LogP contribution in [-0.4, -0.2) is 47.2 Å². The number of hydrogen-bond donors (Lipinski definition) is 0. The number of likely N-dealkylation sites (tertiary alicyclic amines) is 1. The Hall–Kier alpha value is -2.17. The van der Waals surface area contributed by atoms with Crippen molar-refractivity contribution < 1.29 is 14.4 Å². The summed E-state index contributed by atoms with van der Waals surface area (Å²) in [5, 5.41) is 0. The molecule has 0 spiro atoms. The van der Waals surface area contributed by atoms with Gasteiger partial charge in [0.1, 0.15) is 0 Å². The molecule has 2 aliphatic heterocycles. The average molecular weight is 328 g/mol. The molecule has 0 unspecified atom stereocenters. The van der Waals surface area contributed by atoms with Crippen molar-refractivity contribution in [2.75, 3.05) is 19.6 Å². The predicted octanol–water partition coefficient (Wildman–Crippen LogP) is 2.77. The first-order chi connectivity index (χ1) is 11.6. The van der Waals surface area contributed by atoms with Gasteiger partial charge in [-0.1, -0.05) is 24.5 Å². The summed E-state index contributed by atoms with van der Waals surface area (Å²) in [5.41, 5.74) is 1.93. The minimum absolute atomic E-state index is 0.143. The van der Waals surface area contributed by atoms with Gasteiger partial charge in [-0.15, -0.1) is 0 Å². The fraction of sp³-hybridized carbons (Fsp3) is 0.526. The number of aryl methyl sites for hydroxylation is 1. The first kappa shape index (κ1) is 16.7. The summed E-state index contributed by atoms with van der Waals surface area (Å²) >= 11 is 0. The third kappa shape index (κ3) is 3.35. The summed E-state index contributed by atoms with van der Waals surface area (Å²) in [6, 6.07) is 5.32. The van der Waals surface area contributed by atoms with Gasteiger partial charge in [0, 0.05) is 26.1 Å². The van der Waals surface area contributed by atoms with Gasteiger partial charge in [-0.25, -0.2) is 0 Å². The Balaban J connectivity index is 1.55. The SMILES string of the molecule is Cc1ccc2c(c1)C(=O)N(CCCC(=O)N1CCCCCC1)C2=O. The Bertz CT molecular complexity index is 661. The molecule has 5 heteroatoms. The number of nitrogens with zero attached hydrogens (tertiary/aromatic N) is 2. The second-order valence-corrected chi connectivity index (χ2v) is 6.71. The monoisotopic (exact) mass is 328 g/mol. The molecule has 128 valence electrons. The second-order valence-electron chi connectivity index (χ2n) is 6.71. The Morgan fingerprint density at radius 3 is 2.38 bits per heavy atom. The number of carbonyl (C=O) groups is 3. The third-order valence-electron chi connectivity index (χ3n) is 4.86. The summed E-state index contributed by atoms with van der Waals surface area (Å²) in [7, 11) is 0. The molecule has 0 bridgehead atoms. The van der Waals surface area contributed by atoms with Crippen molar-refractivity contribution in [2.24, 2.45) is 0 Å². The van der Waals surface area contributed by atoms with E-state index in [-0.39, 0.29) is 17.7 Å². The maximum absolute atomic E-state index is 12.4. The molecule has 0 atom stereocenters. The summed E-state index contributed by atoms with van der Waals surface area (Å²) in [4.78, 5) is 40.2. The highest BCUT2D eigenvalue weighted by atomic mass is 16.2. The van der Waals surface area contributed by atoms with Crippen molar-refractivity contribution in [2.45, 2.75) is 45.4 Å². The lowest BCUT2D eigenvalue weighted by Crippen LogP contribution is -2.34. The summed E-state index contributed by atoms with van der Waals surface area (Å²) in [5.74, 6) is -0.331. The van der Waals surface area contributed by atoms with Crippen LogP contribution in [0, 0.1) is 6.92 Å². The molecule has 2 aliphatic rings. The Morgan fingerprint density at radius 1 is 1.00 bits per heavy atom. The molecule has 0 saturated carbocycles. The van der Waals surface area contributed by atoms with E-state index in [4.69, 9.17) is 0 Å². The van der Waals surface area contributed by atoms with E-state index in [9.17, 15) is 14.4 Å². The van der Waals surface area contributed by atoms with Crippen LogP contribution in [0.5, 0.6) is 0 Å². The first-order valence-electron chi connectivity index (χ1n) is 8.82. The van der Waals surface area contributed by atoms with E-state index in [1.54, 1.807) is 12.1 Å². The van der Waals surface area contributed by atoms with E-state index in [0.717, 1.165) is 31.5 Å². The zero-order valence-corrected chi connectivity index (χ0v) is 14.2. The average Bonchev–Trinajstić information content (AvgIpc) is 2.79. The number of imide groups is 1. The summed E-state index contributed by atoms with van der Waals surface area (Å²) < 4.78 is 0. The van der Waals surface area contributed by atoms with Crippen LogP contribution in [0.2, 0.25) is 0 Å². The lowest BCUT2D eigenvalue weighted by atomic mass is 10.1. The molecule has 0 aromatic heterocycles. The highest BCUT2D eigenvalue weighted by molar-refractivity contribution is 6.21. The normalized spacial score (nSPS) is 17.9. The van der Waals surface area contributed by atoms with Crippen molar-refractivity contribution in [3.05, 3.63) is 34.9 Å². The van der Waals surface area contributed by atoms with E-state index in [1.165, 1.54) is 17.7 Å². The molecule has 3 amide bonds. The third-order valence-corrected chi connectivity index (χ3v) is 4.86. The van der Waals surface area contributed by atoms with Gasteiger partial charge >= 0.3 is 0 Å². The van der Waals surface area contributed by atoms with Crippen molar-refractivity contribution in [1.82, 2.24) is 9.80 Å². The molecule has 1 aromatic carbocycles. The molecule has 2 heterocycles. The maximum atomic E-state index is 12.4. The van der Waals surface area contributed by atoms with Gasteiger partial charge in [0.25, 0.3) is 11.8 Å². The lowest BCUT2D eigenvalue weighted by molar-refractivity contribution is -0.131. The zero-order chi connectivity index (χ0) is 17.1. The molecular formula is C19H24N2O3. The molecule has 3 rings (SSSR count). The van der Waals surface area contributed by atoms with Gasteiger partial charge < -0.3 is 4.90 Å². The molecular weight excluding hydrogens is 304 g/mol. The number of rotatable bonds is 4. The van der Waals surface area contributed by atoms with Crippen LogP contribution in [0.25, 0.3) is 0 Å². The Kier molecular flexibility index (Phi) is 4.97. The predicted molar refractivity (Wildman–Crippen MR) is 90.8 cm³/mol. The number of carbonyl (C=O) groups excluding carboxylic acids is 3. The van der Waals surface area contributed by atoms with Gasteiger partial charge in [0.15, 0.2) is 0 Å². The van der Waals surface area contributed by atoms with Crippen LogP contribution in [0.3, 0.4) is 0 Å². The summed E-state index contributed by atoms with van der Waals surface area (Å²) in [6.07, 6.45) is 5.45. The largest absolute Gasteiger partial charge is 0.343 e. The molecule has 1 saturated heterocycles. The quantitative estimate of drug-likeness (QED) is 0.799. The summed E-state index contributed by atoms with van der Waals surface area (Å²) in [6.45, 7) is 3.89. The topological polar surface area (TPSA) is 57.7 Å². The lowest BCUT2D eigenvalue weighted by Gasteiger charge is -2.21. The molecule has 0 aliphatic carbocycles. The highest BCUT2D eigenvalue weighted by Crippen LogP contribution is 2.24. The van der Waals surface area contributed by atoms with Gasteiger partial charge in [-0.2, -0.15) is 0 Å². The van der Waals surface area contributed by atoms with E-state index in [0.29, 0.717) is 30.5 Å². The standard InChI is InChI=1S/C19H24N2O3/c1-14-8-9-15-16(13-14)19(24)21(18(15)23)12-6-7-17(22)20-10-4-2-3-5-11-20/h8-9,13H,2-7,10-12H2,1H3. The van der Waals surface area contributed by atoms with E-state index < -0.39 is 0 Å². The van der Waals surface area contributed by atoms with Crippen molar-refractivity contribution >= 4 is 17.7 Å². The number of benzene rings is 1. The smallest absolute Gasteiger partial charge is 0.261 e. The number of amides is 3. The van der Waals surface area contributed by atoms with Crippen molar-refractivity contribution in [3.63, 3.8) is 0 Å². The molecule has 5 nitrogen and oxygen atoms in total. The van der Waals surface area contributed by atoms with Gasteiger partial charge in [-0.3, -0.25) is 19.3 Å².